The quantitative estimate of drug-likeness (QED) is 0.568. The minimum absolute atomic E-state index is 0.131. The molecule has 8 nitrogen and oxygen atoms in total. The number of fused-ring (bicyclic) bond motifs is 1. The summed E-state index contributed by atoms with van der Waals surface area (Å²) in [6, 6.07) is 11.3. The second-order valence-corrected chi connectivity index (χ2v) is 10.1. The molecule has 1 aliphatic heterocycles. The fraction of sp³-hybridized carbons (Fsp3) is 0.407. The SMILES string of the molecule is COc1ccc(C(CN2C(=O)c3ccccc3C2=O)C(=O)O)cc1N(CC(C)C)C(=O)C(C)(C)C. The van der Waals surface area contributed by atoms with Crippen LogP contribution in [-0.4, -0.2) is 53.9 Å². The van der Waals surface area contributed by atoms with Crippen molar-refractivity contribution in [1.82, 2.24) is 4.90 Å². The number of imide groups is 1. The minimum Gasteiger partial charge on any atom is -0.495 e. The number of methoxy groups -OCH3 is 1. The number of nitrogens with zero attached hydrogens (tertiary/aromatic N) is 2. The van der Waals surface area contributed by atoms with Gasteiger partial charge in [0.05, 0.1) is 29.8 Å². The maximum absolute atomic E-state index is 13.3. The Morgan fingerprint density at radius 3 is 2.06 bits per heavy atom. The maximum atomic E-state index is 13.3. The van der Waals surface area contributed by atoms with Crippen molar-refractivity contribution < 1.29 is 29.0 Å². The average molecular weight is 481 g/mol. The molecule has 0 fully saturated rings. The summed E-state index contributed by atoms with van der Waals surface area (Å²) in [5.41, 5.74) is 0.655. The molecule has 0 spiro atoms. The molecule has 1 atom stereocenters. The molecule has 3 amide bonds. The van der Waals surface area contributed by atoms with Crippen LogP contribution in [0.5, 0.6) is 5.75 Å². The van der Waals surface area contributed by atoms with Gasteiger partial charge in [-0.3, -0.25) is 24.1 Å². The molecule has 0 aliphatic carbocycles. The summed E-state index contributed by atoms with van der Waals surface area (Å²) in [4.78, 5) is 53.9. The Labute approximate surface area is 205 Å². The molecule has 8 heteroatoms. The molecular weight excluding hydrogens is 448 g/mol. The molecule has 0 radical (unpaired) electrons. The van der Waals surface area contributed by atoms with Crippen LogP contribution in [-0.2, 0) is 9.59 Å². The predicted octanol–water partition coefficient (Wildman–Crippen LogP) is 4.19. The molecule has 186 valence electrons. The van der Waals surface area contributed by atoms with Crippen molar-refractivity contribution in [3.8, 4) is 5.75 Å². The van der Waals surface area contributed by atoms with Crippen LogP contribution >= 0.6 is 0 Å². The lowest BCUT2D eigenvalue weighted by Crippen LogP contribution is -2.42. The van der Waals surface area contributed by atoms with E-state index in [1.54, 1.807) is 47.4 Å². The number of hydrogen-bond donors (Lipinski definition) is 1. The summed E-state index contributed by atoms with van der Waals surface area (Å²) >= 11 is 0. The van der Waals surface area contributed by atoms with Crippen molar-refractivity contribution in [1.29, 1.82) is 0 Å². The zero-order valence-electron chi connectivity index (χ0n) is 21.0. The average Bonchev–Trinajstić information content (AvgIpc) is 3.04. The van der Waals surface area contributed by atoms with E-state index >= 15 is 0 Å². The Morgan fingerprint density at radius 2 is 1.60 bits per heavy atom. The Morgan fingerprint density at radius 1 is 1.03 bits per heavy atom. The first-order chi connectivity index (χ1) is 16.4. The van der Waals surface area contributed by atoms with Gasteiger partial charge in [-0.05, 0) is 35.7 Å². The normalized spacial score (nSPS) is 14.2. The molecule has 1 aliphatic rings. The lowest BCUT2D eigenvalue weighted by Gasteiger charge is -2.32. The highest BCUT2D eigenvalue weighted by molar-refractivity contribution is 6.21. The van der Waals surface area contributed by atoms with Crippen LogP contribution in [0, 0.1) is 11.3 Å². The second-order valence-electron chi connectivity index (χ2n) is 10.1. The number of anilines is 1. The van der Waals surface area contributed by atoms with E-state index in [-0.39, 0.29) is 29.5 Å². The fourth-order valence-corrected chi connectivity index (χ4v) is 4.11. The Balaban J connectivity index is 2.03. The number of carboxylic acid groups (broad SMARTS) is 1. The number of carboxylic acids is 1. The number of ether oxygens (including phenoxy) is 1. The number of aliphatic carboxylic acids is 1. The van der Waals surface area contributed by atoms with E-state index in [1.165, 1.54) is 7.11 Å². The third kappa shape index (κ3) is 5.21. The molecule has 0 saturated carbocycles. The van der Waals surface area contributed by atoms with E-state index < -0.39 is 29.1 Å². The maximum Gasteiger partial charge on any atom is 0.312 e. The predicted molar refractivity (Wildman–Crippen MR) is 132 cm³/mol. The molecule has 3 rings (SSSR count). The third-order valence-corrected chi connectivity index (χ3v) is 5.87. The van der Waals surface area contributed by atoms with Crippen molar-refractivity contribution in [2.45, 2.75) is 40.5 Å². The first kappa shape index (κ1) is 25.9. The molecular formula is C27H32N2O6. The Bertz CT molecular complexity index is 1130. The van der Waals surface area contributed by atoms with E-state index in [0.717, 1.165) is 4.90 Å². The van der Waals surface area contributed by atoms with Crippen molar-refractivity contribution in [3.05, 3.63) is 59.2 Å². The van der Waals surface area contributed by atoms with Crippen molar-refractivity contribution in [3.63, 3.8) is 0 Å². The zero-order valence-corrected chi connectivity index (χ0v) is 21.0. The van der Waals surface area contributed by atoms with Gasteiger partial charge in [0, 0.05) is 18.5 Å². The highest BCUT2D eigenvalue weighted by Crippen LogP contribution is 2.36. The van der Waals surface area contributed by atoms with Crippen LogP contribution in [0.1, 0.15) is 66.8 Å². The summed E-state index contributed by atoms with van der Waals surface area (Å²) in [6.07, 6.45) is 0. The first-order valence-corrected chi connectivity index (χ1v) is 11.5. The standard InChI is InChI=1S/C27H32N2O6/c1-16(2)14-28(26(34)27(3,4)5)21-13-17(11-12-22(21)35-6)20(25(32)33)15-29-23(30)18-9-7-8-10-19(18)24(29)31/h7-13,16,20H,14-15H2,1-6H3,(H,32,33). The molecule has 1 unspecified atom stereocenters. The lowest BCUT2D eigenvalue weighted by molar-refractivity contribution is -0.139. The molecule has 2 aromatic rings. The highest BCUT2D eigenvalue weighted by atomic mass is 16.5. The van der Waals surface area contributed by atoms with E-state index in [1.807, 2.05) is 34.6 Å². The molecule has 1 N–H and O–H groups in total. The molecule has 2 aromatic carbocycles. The van der Waals surface area contributed by atoms with Gasteiger partial charge >= 0.3 is 5.97 Å². The molecule has 0 bridgehead atoms. The largest absolute Gasteiger partial charge is 0.495 e. The number of amides is 3. The summed E-state index contributed by atoms with van der Waals surface area (Å²) in [6.45, 7) is 9.52. The number of carbonyl (C=O) groups is 4. The van der Waals surface area contributed by atoms with Gasteiger partial charge in [0.2, 0.25) is 5.91 Å². The molecule has 0 aromatic heterocycles. The number of hydrogen-bond acceptors (Lipinski definition) is 5. The number of rotatable bonds is 8. The van der Waals surface area contributed by atoms with Gasteiger partial charge in [-0.2, -0.15) is 0 Å². The summed E-state index contributed by atoms with van der Waals surface area (Å²) < 4.78 is 5.52. The van der Waals surface area contributed by atoms with Gasteiger partial charge in [0.25, 0.3) is 11.8 Å². The van der Waals surface area contributed by atoms with Crippen LogP contribution in [0.15, 0.2) is 42.5 Å². The van der Waals surface area contributed by atoms with E-state index in [2.05, 4.69) is 0 Å². The summed E-state index contributed by atoms with van der Waals surface area (Å²) in [7, 11) is 1.49. The monoisotopic (exact) mass is 480 g/mol. The van der Waals surface area contributed by atoms with Crippen LogP contribution in [0.2, 0.25) is 0 Å². The minimum atomic E-state index is -1.19. The van der Waals surface area contributed by atoms with E-state index in [9.17, 15) is 24.3 Å². The van der Waals surface area contributed by atoms with Gasteiger partial charge in [0.15, 0.2) is 0 Å². The van der Waals surface area contributed by atoms with Gasteiger partial charge in [0.1, 0.15) is 5.75 Å². The lowest BCUT2D eigenvalue weighted by atomic mass is 9.92. The van der Waals surface area contributed by atoms with Crippen LogP contribution in [0.25, 0.3) is 0 Å². The third-order valence-electron chi connectivity index (χ3n) is 5.87. The van der Waals surface area contributed by atoms with Gasteiger partial charge < -0.3 is 14.7 Å². The van der Waals surface area contributed by atoms with Crippen molar-refractivity contribution >= 4 is 29.4 Å². The van der Waals surface area contributed by atoms with Crippen LogP contribution in [0.4, 0.5) is 5.69 Å². The van der Waals surface area contributed by atoms with E-state index in [4.69, 9.17) is 4.74 Å². The van der Waals surface area contributed by atoms with Gasteiger partial charge in [-0.1, -0.05) is 52.8 Å². The summed E-state index contributed by atoms with van der Waals surface area (Å²) in [5, 5.41) is 10.1. The fourth-order valence-electron chi connectivity index (χ4n) is 4.11. The molecule has 35 heavy (non-hydrogen) atoms. The number of benzene rings is 2. The molecule has 0 saturated heterocycles. The van der Waals surface area contributed by atoms with Crippen LogP contribution < -0.4 is 9.64 Å². The van der Waals surface area contributed by atoms with Gasteiger partial charge in [-0.25, -0.2) is 0 Å². The van der Waals surface area contributed by atoms with Crippen molar-refractivity contribution in [2.75, 3.05) is 25.1 Å². The van der Waals surface area contributed by atoms with Crippen molar-refractivity contribution in [2.24, 2.45) is 11.3 Å². The zero-order chi connectivity index (χ0) is 26.1. The van der Waals surface area contributed by atoms with Gasteiger partial charge in [-0.15, -0.1) is 0 Å². The summed E-state index contributed by atoms with van der Waals surface area (Å²) in [5.74, 6) is -2.97. The molecule has 1 heterocycles. The van der Waals surface area contributed by atoms with Crippen LogP contribution in [0.3, 0.4) is 0 Å². The Kier molecular flexibility index (Phi) is 7.33. The Hall–Kier alpha value is -3.68. The highest BCUT2D eigenvalue weighted by Gasteiger charge is 2.39. The smallest absolute Gasteiger partial charge is 0.312 e. The topological polar surface area (TPSA) is 104 Å². The second kappa shape index (κ2) is 9.90. The van der Waals surface area contributed by atoms with E-state index in [0.29, 0.717) is 23.5 Å². The first-order valence-electron chi connectivity index (χ1n) is 11.5. The number of carbonyl (C=O) groups excluding carboxylic acids is 3.